The molecule has 5 heteroatoms. The molecule has 1 aliphatic rings. The second-order valence-corrected chi connectivity index (χ2v) is 6.14. The zero-order chi connectivity index (χ0) is 15.9. The van der Waals surface area contributed by atoms with Gasteiger partial charge in [0.25, 0.3) is 0 Å². The molecule has 118 valence electrons. The quantitative estimate of drug-likeness (QED) is 0.760. The summed E-state index contributed by atoms with van der Waals surface area (Å²) in [7, 11) is 0. The first-order chi connectivity index (χ1) is 9.90. The van der Waals surface area contributed by atoms with Crippen LogP contribution < -0.4 is 5.32 Å². The van der Waals surface area contributed by atoms with Crippen molar-refractivity contribution in [2.75, 3.05) is 39.3 Å². The van der Waals surface area contributed by atoms with Gasteiger partial charge in [-0.3, -0.25) is 14.5 Å². The highest BCUT2D eigenvalue weighted by atomic mass is 16.2. The Morgan fingerprint density at radius 3 is 2.57 bits per heavy atom. The van der Waals surface area contributed by atoms with Crippen molar-refractivity contribution in [1.82, 2.24) is 15.1 Å². The van der Waals surface area contributed by atoms with E-state index in [0.717, 1.165) is 32.5 Å². The predicted molar refractivity (Wildman–Crippen MR) is 83.6 cm³/mol. The molecule has 0 bridgehead atoms. The van der Waals surface area contributed by atoms with Crippen LogP contribution in [0.2, 0.25) is 0 Å². The Morgan fingerprint density at radius 2 is 1.95 bits per heavy atom. The Kier molecular flexibility index (Phi) is 6.70. The van der Waals surface area contributed by atoms with E-state index in [9.17, 15) is 9.59 Å². The number of terminal acetylenes is 1. The number of carbonyl (C=O) groups excluding carboxylic acids is 2. The molecule has 0 unspecified atom stereocenters. The van der Waals surface area contributed by atoms with Crippen molar-refractivity contribution < 1.29 is 9.59 Å². The monoisotopic (exact) mass is 293 g/mol. The standard InChI is InChI=1S/C16H27N3O2/c1-5-8-17-14(20)13-18-9-7-10-19(12-11-18)15(21)16(3,4)6-2/h1H,6-13H2,2-4H3,(H,17,20). The molecule has 5 nitrogen and oxygen atoms in total. The van der Waals surface area contributed by atoms with E-state index in [1.807, 2.05) is 25.7 Å². The van der Waals surface area contributed by atoms with Crippen molar-refractivity contribution in [3.8, 4) is 12.3 Å². The summed E-state index contributed by atoms with van der Waals surface area (Å²) >= 11 is 0. The van der Waals surface area contributed by atoms with E-state index in [1.54, 1.807) is 0 Å². The first kappa shape index (κ1) is 17.5. The highest BCUT2D eigenvalue weighted by molar-refractivity contribution is 5.82. The Hall–Kier alpha value is -1.54. The van der Waals surface area contributed by atoms with Crippen LogP contribution in [-0.4, -0.2) is 60.9 Å². The summed E-state index contributed by atoms with van der Waals surface area (Å²) < 4.78 is 0. The number of nitrogens with one attached hydrogen (secondary N) is 1. The first-order valence-corrected chi connectivity index (χ1v) is 7.62. The molecule has 0 spiro atoms. The number of hydrogen-bond donors (Lipinski definition) is 1. The first-order valence-electron chi connectivity index (χ1n) is 7.62. The minimum absolute atomic E-state index is 0.0541. The second kappa shape index (κ2) is 8.04. The van der Waals surface area contributed by atoms with Crippen molar-refractivity contribution in [3.05, 3.63) is 0 Å². The fraction of sp³-hybridized carbons (Fsp3) is 0.750. The largest absolute Gasteiger partial charge is 0.344 e. The molecular weight excluding hydrogens is 266 g/mol. The average molecular weight is 293 g/mol. The van der Waals surface area contributed by atoms with E-state index < -0.39 is 0 Å². The van der Waals surface area contributed by atoms with Gasteiger partial charge in [-0.2, -0.15) is 0 Å². The molecule has 0 aliphatic carbocycles. The Labute approximate surface area is 128 Å². The Morgan fingerprint density at radius 1 is 1.24 bits per heavy atom. The Bertz CT molecular complexity index is 412. The molecule has 0 radical (unpaired) electrons. The normalized spacial score (nSPS) is 17.0. The molecule has 2 amide bonds. The van der Waals surface area contributed by atoms with Crippen LogP contribution in [0.4, 0.5) is 0 Å². The third-order valence-corrected chi connectivity index (χ3v) is 4.09. The van der Waals surface area contributed by atoms with Crippen LogP contribution in [-0.2, 0) is 9.59 Å². The van der Waals surface area contributed by atoms with Crippen LogP contribution in [0.25, 0.3) is 0 Å². The maximum atomic E-state index is 12.5. The summed E-state index contributed by atoms with van der Waals surface area (Å²) in [4.78, 5) is 28.2. The van der Waals surface area contributed by atoms with Crippen LogP contribution in [0.3, 0.4) is 0 Å². The van der Waals surface area contributed by atoms with E-state index in [0.29, 0.717) is 13.1 Å². The zero-order valence-corrected chi connectivity index (χ0v) is 13.4. The van der Waals surface area contributed by atoms with Crippen LogP contribution >= 0.6 is 0 Å². The molecule has 0 saturated carbocycles. The van der Waals surface area contributed by atoms with Gasteiger partial charge in [-0.05, 0) is 12.8 Å². The molecule has 0 aromatic rings. The van der Waals surface area contributed by atoms with E-state index in [-0.39, 0.29) is 23.8 Å². The van der Waals surface area contributed by atoms with Gasteiger partial charge < -0.3 is 10.2 Å². The molecule has 1 fully saturated rings. The lowest BCUT2D eigenvalue weighted by molar-refractivity contribution is -0.140. The van der Waals surface area contributed by atoms with Gasteiger partial charge in [0.05, 0.1) is 13.1 Å². The van der Waals surface area contributed by atoms with Gasteiger partial charge >= 0.3 is 0 Å². The number of amides is 2. The summed E-state index contributed by atoms with van der Waals surface area (Å²) in [6, 6.07) is 0. The van der Waals surface area contributed by atoms with Gasteiger partial charge in [0.15, 0.2) is 0 Å². The molecule has 21 heavy (non-hydrogen) atoms. The third-order valence-electron chi connectivity index (χ3n) is 4.09. The number of hydrogen-bond acceptors (Lipinski definition) is 3. The molecule has 1 N–H and O–H groups in total. The molecular formula is C16H27N3O2. The van der Waals surface area contributed by atoms with Gasteiger partial charge in [-0.25, -0.2) is 0 Å². The summed E-state index contributed by atoms with van der Waals surface area (Å²) in [5.41, 5.74) is -0.306. The molecule has 0 atom stereocenters. The molecule has 0 aromatic carbocycles. The van der Waals surface area contributed by atoms with E-state index >= 15 is 0 Å². The molecule has 0 aromatic heterocycles. The fourth-order valence-corrected chi connectivity index (χ4v) is 2.32. The van der Waals surface area contributed by atoms with Gasteiger partial charge in [0, 0.05) is 31.6 Å². The van der Waals surface area contributed by atoms with Crippen molar-refractivity contribution in [3.63, 3.8) is 0 Å². The highest BCUT2D eigenvalue weighted by Crippen LogP contribution is 2.23. The Balaban J connectivity index is 2.49. The lowest BCUT2D eigenvalue weighted by Crippen LogP contribution is -2.43. The van der Waals surface area contributed by atoms with Gasteiger partial charge in [-0.15, -0.1) is 6.42 Å². The predicted octanol–water partition coefficient (Wildman–Crippen LogP) is 0.706. The molecule has 1 saturated heterocycles. The summed E-state index contributed by atoms with van der Waals surface area (Å²) in [6.07, 6.45) is 6.85. The molecule has 1 heterocycles. The number of carbonyl (C=O) groups is 2. The average Bonchev–Trinajstić information content (AvgIpc) is 2.69. The zero-order valence-electron chi connectivity index (χ0n) is 13.4. The van der Waals surface area contributed by atoms with Crippen LogP contribution in [0.15, 0.2) is 0 Å². The number of rotatable bonds is 5. The number of nitrogens with zero attached hydrogens (tertiary/aromatic N) is 2. The van der Waals surface area contributed by atoms with Crippen molar-refractivity contribution in [2.24, 2.45) is 5.41 Å². The minimum Gasteiger partial charge on any atom is -0.344 e. The lowest BCUT2D eigenvalue weighted by Gasteiger charge is -2.30. The summed E-state index contributed by atoms with van der Waals surface area (Å²) in [6.45, 7) is 9.65. The maximum absolute atomic E-state index is 12.5. The van der Waals surface area contributed by atoms with Crippen LogP contribution in [0.1, 0.15) is 33.6 Å². The summed E-state index contributed by atoms with van der Waals surface area (Å²) in [5.74, 6) is 2.55. The second-order valence-electron chi connectivity index (χ2n) is 6.14. The maximum Gasteiger partial charge on any atom is 0.234 e. The van der Waals surface area contributed by atoms with Crippen LogP contribution in [0.5, 0.6) is 0 Å². The topological polar surface area (TPSA) is 52.7 Å². The van der Waals surface area contributed by atoms with Crippen molar-refractivity contribution >= 4 is 11.8 Å². The van der Waals surface area contributed by atoms with Crippen molar-refractivity contribution in [2.45, 2.75) is 33.6 Å². The van der Waals surface area contributed by atoms with E-state index in [1.165, 1.54) is 0 Å². The lowest BCUT2D eigenvalue weighted by atomic mass is 9.88. The highest BCUT2D eigenvalue weighted by Gasteiger charge is 2.31. The van der Waals surface area contributed by atoms with Crippen LogP contribution in [0, 0.1) is 17.8 Å². The summed E-state index contributed by atoms with van der Waals surface area (Å²) in [5, 5.41) is 2.67. The van der Waals surface area contributed by atoms with Gasteiger partial charge in [0.2, 0.25) is 11.8 Å². The molecule has 1 aliphatic heterocycles. The molecule has 1 rings (SSSR count). The van der Waals surface area contributed by atoms with E-state index in [2.05, 4.69) is 16.1 Å². The van der Waals surface area contributed by atoms with Gasteiger partial charge in [0.1, 0.15) is 0 Å². The SMILES string of the molecule is C#CCNC(=O)CN1CCCN(C(=O)C(C)(C)CC)CC1. The van der Waals surface area contributed by atoms with E-state index in [4.69, 9.17) is 6.42 Å². The van der Waals surface area contributed by atoms with Gasteiger partial charge in [-0.1, -0.05) is 26.7 Å². The third kappa shape index (κ3) is 5.39. The minimum atomic E-state index is -0.306. The fourth-order valence-electron chi connectivity index (χ4n) is 2.32. The smallest absolute Gasteiger partial charge is 0.234 e. The van der Waals surface area contributed by atoms with Crippen molar-refractivity contribution in [1.29, 1.82) is 0 Å².